The van der Waals surface area contributed by atoms with E-state index in [4.69, 9.17) is 5.73 Å². The summed E-state index contributed by atoms with van der Waals surface area (Å²) in [5.41, 5.74) is 4.41. The zero-order valence-corrected chi connectivity index (χ0v) is 9.34. The van der Waals surface area contributed by atoms with Gasteiger partial charge in [-0.1, -0.05) is 0 Å². The lowest BCUT2D eigenvalue weighted by Crippen LogP contribution is -2.34. The molecule has 84 valence electrons. The highest BCUT2D eigenvalue weighted by atomic mass is 32.2. The molecular formula is C8H13N3O3S. The van der Waals surface area contributed by atoms with Crippen LogP contribution in [0.2, 0.25) is 0 Å². The van der Waals surface area contributed by atoms with Crippen LogP contribution in [0.3, 0.4) is 0 Å². The van der Waals surface area contributed by atoms with Crippen molar-refractivity contribution in [1.29, 1.82) is 0 Å². The topological polar surface area (TPSA) is 97.9 Å². The molecule has 0 amide bonds. The van der Waals surface area contributed by atoms with E-state index in [2.05, 4.69) is 4.98 Å². The first-order chi connectivity index (χ1) is 6.91. The van der Waals surface area contributed by atoms with E-state index in [1.54, 1.807) is 13.2 Å². The number of nitrogens with two attached hydrogens (primary N) is 1. The molecule has 0 aliphatic heterocycles. The van der Waals surface area contributed by atoms with E-state index >= 15 is 0 Å². The molecule has 6 nitrogen and oxygen atoms in total. The minimum absolute atomic E-state index is 0.0843. The Morgan fingerprint density at radius 3 is 2.67 bits per heavy atom. The van der Waals surface area contributed by atoms with Crippen molar-refractivity contribution in [3.8, 4) is 0 Å². The fourth-order valence-corrected chi connectivity index (χ4v) is 1.45. The number of aromatic nitrogens is 2. The molecule has 0 saturated carbocycles. The summed E-state index contributed by atoms with van der Waals surface area (Å²) in [6.45, 7) is 1.97. The van der Waals surface area contributed by atoms with E-state index < -0.39 is 22.0 Å². The van der Waals surface area contributed by atoms with E-state index in [1.807, 2.05) is 0 Å². The van der Waals surface area contributed by atoms with Gasteiger partial charge in [-0.2, -0.15) is 0 Å². The molecule has 1 aromatic rings. The van der Waals surface area contributed by atoms with Crippen LogP contribution in [-0.4, -0.2) is 25.3 Å². The van der Waals surface area contributed by atoms with Gasteiger partial charge < -0.3 is 5.73 Å². The summed E-state index contributed by atoms with van der Waals surface area (Å²) >= 11 is 0. The van der Waals surface area contributed by atoms with Crippen molar-refractivity contribution < 1.29 is 4.21 Å². The maximum absolute atomic E-state index is 11.3. The van der Waals surface area contributed by atoms with Crippen molar-refractivity contribution in [2.24, 2.45) is 0 Å². The van der Waals surface area contributed by atoms with Crippen LogP contribution < -0.4 is 17.0 Å². The molecule has 0 spiro atoms. The summed E-state index contributed by atoms with van der Waals surface area (Å²) in [5.74, 6) is 0.0843. The van der Waals surface area contributed by atoms with Crippen LogP contribution in [0.25, 0.3) is 0 Å². The molecule has 3 N–H and O–H groups in total. The van der Waals surface area contributed by atoms with E-state index in [0.717, 1.165) is 6.07 Å². The van der Waals surface area contributed by atoms with Gasteiger partial charge in [-0.3, -0.25) is 18.6 Å². The van der Waals surface area contributed by atoms with Gasteiger partial charge in [0.15, 0.2) is 0 Å². The summed E-state index contributed by atoms with van der Waals surface area (Å²) in [7, 11) is -1.04. The number of hydrogen-bond acceptors (Lipinski definition) is 4. The smallest absolute Gasteiger partial charge is 0.329 e. The van der Waals surface area contributed by atoms with Crippen molar-refractivity contribution in [3.63, 3.8) is 0 Å². The van der Waals surface area contributed by atoms with Crippen molar-refractivity contribution in [2.45, 2.75) is 18.7 Å². The zero-order chi connectivity index (χ0) is 11.6. The van der Waals surface area contributed by atoms with Gasteiger partial charge in [-0.05, 0) is 6.92 Å². The third-order valence-corrected chi connectivity index (χ3v) is 3.35. The molecular weight excluding hydrogens is 218 g/mol. The highest BCUT2D eigenvalue weighted by Gasteiger charge is 2.10. The maximum atomic E-state index is 11.3. The number of hydrogen-bond donors (Lipinski definition) is 2. The third-order valence-electron chi connectivity index (χ3n) is 2.07. The van der Waals surface area contributed by atoms with Crippen molar-refractivity contribution >= 4 is 16.6 Å². The maximum Gasteiger partial charge on any atom is 0.329 e. The highest BCUT2D eigenvalue weighted by molar-refractivity contribution is 7.84. The first-order valence-electron chi connectivity index (χ1n) is 4.33. The van der Waals surface area contributed by atoms with Crippen LogP contribution in [0.5, 0.6) is 0 Å². The van der Waals surface area contributed by atoms with Gasteiger partial charge in [0, 0.05) is 34.9 Å². The molecule has 15 heavy (non-hydrogen) atoms. The Kier molecular flexibility index (Phi) is 3.46. The summed E-state index contributed by atoms with van der Waals surface area (Å²) in [4.78, 5) is 24.3. The van der Waals surface area contributed by atoms with Crippen LogP contribution >= 0.6 is 0 Å². The lowest BCUT2D eigenvalue weighted by molar-refractivity contribution is 0.624. The Hall–Kier alpha value is -1.37. The molecule has 0 radical (unpaired) electrons. The molecule has 1 aromatic heterocycles. The Bertz CT molecular complexity index is 491. The summed E-state index contributed by atoms with van der Waals surface area (Å²) in [6, 6.07) is 1.13. The molecule has 1 rings (SSSR count). The quantitative estimate of drug-likeness (QED) is 0.689. The minimum atomic E-state index is -1.04. The standard InChI is InChI=1S/C8H13N3O3S/c1-5(15(2)14)4-11-6(9)3-7(12)10-8(11)13/h3,5H,4,9H2,1-2H3,(H,10,12,13). The summed E-state index contributed by atoms with van der Waals surface area (Å²) in [6.07, 6.45) is 1.55. The first-order valence-corrected chi connectivity index (χ1v) is 5.96. The number of rotatable bonds is 3. The largest absolute Gasteiger partial charge is 0.385 e. The van der Waals surface area contributed by atoms with E-state index in [1.165, 1.54) is 4.57 Å². The number of nitrogens with one attached hydrogen (secondary N) is 1. The predicted octanol–water partition coefficient (Wildman–Crippen LogP) is -1.11. The number of anilines is 1. The van der Waals surface area contributed by atoms with Crippen molar-refractivity contribution in [1.82, 2.24) is 9.55 Å². The lowest BCUT2D eigenvalue weighted by atomic mass is 10.4. The number of nitrogen functional groups attached to an aromatic ring is 1. The average Bonchev–Trinajstić information content (AvgIpc) is 2.10. The normalized spacial score (nSPS) is 14.8. The Balaban J connectivity index is 3.11. The van der Waals surface area contributed by atoms with Gasteiger partial charge in [0.1, 0.15) is 5.82 Å². The van der Waals surface area contributed by atoms with Gasteiger partial charge in [0.2, 0.25) is 0 Å². The zero-order valence-electron chi connectivity index (χ0n) is 8.52. The first kappa shape index (κ1) is 11.7. The van der Waals surface area contributed by atoms with Crippen molar-refractivity contribution in [3.05, 3.63) is 26.9 Å². The van der Waals surface area contributed by atoms with E-state index in [0.29, 0.717) is 0 Å². The van der Waals surface area contributed by atoms with Crippen LogP contribution in [0.1, 0.15) is 6.92 Å². The summed E-state index contributed by atoms with van der Waals surface area (Å²) < 4.78 is 12.3. The van der Waals surface area contributed by atoms with Crippen LogP contribution in [-0.2, 0) is 17.3 Å². The van der Waals surface area contributed by atoms with E-state index in [-0.39, 0.29) is 17.6 Å². The Morgan fingerprint density at radius 2 is 2.20 bits per heavy atom. The average molecular weight is 231 g/mol. The fraction of sp³-hybridized carbons (Fsp3) is 0.500. The van der Waals surface area contributed by atoms with Gasteiger partial charge in [0.25, 0.3) is 5.56 Å². The number of aromatic amines is 1. The summed E-state index contributed by atoms with van der Waals surface area (Å²) in [5, 5.41) is -0.198. The molecule has 7 heteroatoms. The predicted molar refractivity (Wildman–Crippen MR) is 59.3 cm³/mol. The second-order valence-electron chi connectivity index (χ2n) is 3.28. The molecule has 2 unspecified atom stereocenters. The molecule has 0 aromatic carbocycles. The Morgan fingerprint density at radius 1 is 1.60 bits per heavy atom. The molecule has 0 fully saturated rings. The lowest BCUT2D eigenvalue weighted by Gasteiger charge is -2.12. The van der Waals surface area contributed by atoms with Crippen LogP contribution in [0.15, 0.2) is 15.7 Å². The van der Waals surface area contributed by atoms with Gasteiger partial charge in [-0.15, -0.1) is 0 Å². The molecule has 1 heterocycles. The Labute approximate surface area is 88.6 Å². The fourth-order valence-electron chi connectivity index (χ4n) is 1.09. The highest BCUT2D eigenvalue weighted by Crippen LogP contribution is 2.00. The molecule has 0 bridgehead atoms. The minimum Gasteiger partial charge on any atom is -0.385 e. The molecule has 0 aliphatic carbocycles. The number of H-pyrrole nitrogens is 1. The molecule has 0 saturated heterocycles. The molecule has 0 aliphatic rings. The third kappa shape index (κ3) is 2.79. The van der Waals surface area contributed by atoms with Crippen LogP contribution in [0, 0.1) is 0 Å². The van der Waals surface area contributed by atoms with Crippen LogP contribution in [0.4, 0.5) is 5.82 Å². The molecule has 2 atom stereocenters. The van der Waals surface area contributed by atoms with Gasteiger partial charge >= 0.3 is 5.69 Å². The second kappa shape index (κ2) is 4.43. The van der Waals surface area contributed by atoms with E-state index in [9.17, 15) is 13.8 Å². The number of nitrogens with zero attached hydrogens (tertiary/aromatic N) is 1. The second-order valence-corrected chi connectivity index (χ2v) is 5.09. The van der Waals surface area contributed by atoms with Gasteiger partial charge in [-0.25, -0.2) is 4.79 Å². The van der Waals surface area contributed by atoms with Gasteiger partial charge in [0.05, 0.1) is 0 Å². The van der Waals surface area contributed by atoms with Crippen molar-refractivity contribution in [2.75, 3.05) is 12.0 Å². The monoisotopic (exact) mass is 231 g/mol. The SMILES string of the molecule is CC(Cn1c(N)cc(=O)[nH]c1=O)S(C)=O.